The summed E-state index contributed by atoms with van der Waals surface area (Å²) in [4.78, 5) is 8.62. The van der Waals surface area contributed by atoms with Gasteiger partial charge in [-0.15, -0.1) is 0 Å². The number of nitrogen functional groups attached to an aromatic ring is 1. The van der Waals surface area contributed by atoms with Gasteiger partial charge in [-0.3, -0.25) is 0 Å². The molecule has 0 saturated carbocycles. The molecule has 3 rings (SSSR count). The Morgan fingerprint density at radius 2 is 2.15 bits per heavy atom. The van der Waals surface area contributed by atoms with Gasteiger partial charge in [-0.1, -0.05) is 12.1 Å². The summed E-state index contributed by atoms with van der Waals surface area (Å²) in [7, 11) is 1.65. The molecule has 0 aliphatic carbocycles. The number of hydrogen-bond acceptors (Lipinski definition) is 6. The van der Waals surface area contributed by atoms with Crippen molar-refractivity contribution in [2.75, 3.05) is 24.7 Å². The standard InChI is InChI=1S/C14H17N5O/c1-20-12-5-3-2-4-10(12)17-13-9-6-7-16-8-11(9)18-14(15)19-13/h2-5,16H,6-8H2,1H3,(H3,15,17,18,19). The molecule has 1 aromatic carbocycles. The molecular weight excluding hydrogens is 254 g/mol. The molecule has 1 aromatic heterocycles. The smallest absolute Gasteiger partial charge is 0.222 e. The molecule has 1 aliphatic heterocycles. The number of methoxy groups -OCH3 is 1. The van der Waals surface area contributed by atoms with Crippen LogP contribution in [-0.2, 0) is 13.0 Å². The first kappa shape index (κ1) is 12.7. The van der Waals surface area contributed by atoms with Crippen molar-refractivity contribution in [3.8, 4) is 5.75 Å². The van der Waals surface area contributed by atoms with E-state index in [9.17, 15) is 0 Å². The zero-order chi connectivity index (χ0) is 13.9. The average molecular weight is 271 g/mol. The first-order chi connectivity index (χ1) is 9.78. The van der Waals surface area contributed by atoms with Gasteiger partial charge >= 0.3 is 0 Å². The predicted molar refractivity (Wildman–Crippen MR) is 78.1 cm³/mol. The molecule has 0 atom stereocenters. The van der Waals surface area contributed by atoms with Crippen LogP contribution in [0.4, 0.5) is 17.5 Å². The number of anilines is 3. The number of fused-ring (bicyclic) bond motifs is 1. The highest BCUT2D eigenvalue weighted by Gasteiger charge is 2.17. The quantitative estimate of drug-likeness (QED) is 0.783. The third-order valence-electron chi connectivity index (χ3n) is 3.31. The Morgan fingerprint density at radius 3 is 3.00 bits per heavy atom. The van der Waals surface area contributed by atoms with E-state index in [4.69, 9.17) is 10.5 Å². The normalized spacial score (nSPS) is 13.7. The van der Waals surface area contributed by atoms with Crippen LogP contribution in [0.3, 0.4) is 0 Å². The molecular formula is C14H17N5O. The van der Waals surface area contributed by atoms with E-state index in [0.29, 0.717) is 0 Å². The Balaban J connectivity index is 2.00. The summed E-state index contributed by atoms with van der Waals surface area (Å²) in [6.45, 7) is 1.64. The van der Waals surface area contributed by atoms with E-state index in [1.807, 2.05) is 24.3 Å². The lowest BCUT2D eigenvalue weighted by molar-refractivity contribution is 0.417. The molecule has 2 aromatic rings. The lowest BCUT2D eigenvalue weighted by Gasteiger charge is -2.20. The molecule has 104 valence electrons. The number of rotatable bonds is 3. The van der Waals surface area contributed by atoms with E-state index in [1.165, 1.54) is 0 Å². The zero-order valence-electron chi connectivity index (χ0n) is 11.3. The van der Waals surface area contributed by atoms with Crippen molar-refractivity contribution in [1.29, 1.82) is 0 Å². The number of nitrogens with zero attached hydrogens (tertiary/aromatic N) is 2. The number of benzene rings is 1. The molecule has 2 heterocycles. The van der Waals surface area contributed by atoms with Crippen molar-refractivity contribution in [2.24, 2.45) is 0 Å². The van der Waals surface area contributed by atoms with Crippen LogP contribution in [0.15, 0.2) is 24.3 Å². The largest absolute Gasteiger partial charge is 0.495 e. The first-order valence-corrected chi connectivity index (χ1v) is 6.54. The molecule has 0 radical (unpaired) electrons. The van der Waals surface area contributed by atoms with Gasteiger partial charge in [-0.05, 0) is 25.1 Å². The third-order valence-corrected chi connectivity index (χ3v) is 3.31. The maximum atomic E-state index is 5.79. The van der Waals surface area contributed by atoms with Gasteiger partial charge in [0.1, 0.15) is 11.6 Å². The average Bonchev–Trinajstić information content (AvgIpc) is 2.47. The van der Waals surface area contributed by atoms with Crippen LogP contribution < -0.4 is 21.1 Å². The summed E-state index contributed by atoms with van der Waals surface area (Å²) in [5.74, 6) is 1.82. The summed E-state index contributed by atoms with van der Waals surface area (Å²) in [5, 5.41) is 6.59. The Labute approximate surface area is 117 Å². The zero-order valence-corrected chi connectivity index (χ0v) is 11.3. The highest BCUT2D eigenvalue weighted by molar-refractivity contribution is 5.67. The SMILES string of the molecule is COc1ccccc1Nc1nc(N)nc2c1CCNC2. The first-order valence-electron chi connectivity index (χ1n) is 6.54. The molecule has 6 nitrogen and oxygen atoms in total. The second kappa shape index (κ2) is 5.34. The molecule has 0 saturated heterocycles. The summed E-state index contributed by atoms with van der Waals surface area (Å²) in [5.41, 5.74) is 8.73. The monoisotopic (exact) mass is 271 g/mol. The van der Waals surface area contributed by atoms with Crippen molar-refractivity contribution in [3.05, 3.63) is 35.5 Å². The second-order valence-electron chi connectivity index (χ2n) is 4.61. The van der Waals surface area contributed by atoms with E-state index in [-0.39, 0.29) is 5.95 Å². The summed E-state index contributed by atoms with van der Waals surface area (Å²) in [6.07, 6.45) is 0.882. The molecule has 0 bridgehead atoms. The van der Waals surface area contributed by atoms with Crippen LogP contribution in [0.2, 0.25) is 0 Å². The summed E-state index contributed by atoms with van der Waals surface area (Å²) >= 11 is 0. The minimum absolute atomic E-state index is 0.282. The highest BCUT2D eigenvalue weighted by atomic mass is 16.5. The number of ether oxygens (including phenoxy) is 1. The predicted octanol–water partition coefficient (Wildman–Crippen LogP) is 1.46. The number of nitrogens with one attached hydrogen (secondary N) is 2. The van der Waals surface area contributed by atoms with Crippen molar-refractivity contribution in [3.63, 3.8) is 0 Å². The van der Waals surface area contributed by atoms with Gasteiger partial charge in [-0.2, -0.15) is 4.98 Å². The van der Waals surface area contributed by atoms with E-state index in [1.54, 1.807) is 7.11 Å². The Kier molecular flexibility index (Phi) is 3.39. The summed E-state index contributed by atoms with van der Waals surface area (Å²) < 4.78 is 5.34. The van der Waals surface area contributed by atoms with Crippen LogP contribution in [0, 0.1) is 0 Å². The molecule has 6 heteroatoms. The van der Waals surface area contributed by atoms with Crippen molar-refractivity contribution in [1.82, 2.24) is 15.3 Å². The topological polar surface area (TPSA) is 85.1 Å². The van der Waals surface area contributed by atoms with Crippen LogP contribution in [0.25, 0.3) is 0 Å². The maximum absolute atomic E-state index is 5.79. The number of aromatic nitrogens is 2. The van der Waals surface area contributed by atoms with Gasteiger partial charge in [0.05, 0.1) is 18.5 Å². The fraction of sp³-hybridized carbons (Fsp3) is 0.286. The summed E-state index contributed by atoms with van der Waals surface area (Å²) in [6, 6.07) is 7.73. The van der Waals surface area contributed by atoms with E-state index < -0.39 is 0 Å². The van der Waals surface area contributed by atoms with Crippen LogP contribution >= 0.6 is 0 Å². The van der Waals surface area contributed by atoms with E-state index >= 15 is 0 Å². The van der Waals surface area contributed by atoms with Gasteiger partial charge in [0.15, 0.2) is 0 Å². The van der Waals surface area contributed by atoms with Gasteiger partial charge in [0.2, 0.25) is 5.95 Å². The van der Waals surface area contributed by atoms with Crippen LogP contribution in [-0.4, -0.2) is 23.6 Å². The molecule has 0 amide bonds. The Bertz CT molecular complexity index is 629. The van der Waals surface area contributed by atoms with Gasteiger partial charge in [-0.25, -0.2) is 4.98 Å². The molecule has 1 aliphatic rings. The van der Waals surface area contributed by atoms with Crippen LogP contribution in [0.1, 0.15) is 11.3 Å². The fourth-order valence-corrected chi connectivity index (χ4v) is 2.36. The third kappa shape index (κ3) is 2.37. The number of nitrogens with two attached hydrogens (primary N) is 1. The van der Waals surface area contributed by atoms with Crippen molar-refractivity contribution >= 4 is 17.5 Å². The molecule has 0 fully saturated rings. The van der Waals surface area contributed by atoms with Gasteiger partial charge in [0, 0.05) is 12.1 Å². The van der Waals surface area contributed by atoms with Crippen LogP contribution in [0.5, 0.6) is 5.75 Å². The minimum Gasteiger partial charge on any atom is -0.495 e. The number of para-hydroxylation sites is 2. The molecule has 4 N–H and O–H groups in total. The van der Waals surface area contributed by atoms with Gasteiger partial charge < -0.3 is 21.1 Å². The number of hydrogen-bond donors (Lipinski definition) is 3. The van der Waals surface area contributed by atoms with E-state index in [2.05, 4.69) is 20.6 Å². The van der Waals surface area contributed by atoms with E-state index in [0.717, 1.165) is 48.0 Å². The van der Waals surface area contributed by atoms with Crippen molar-refractivity contribution in [2.45, 2.75) is 13.0 Å². The maximum Gasteiger partial charge on any atom is 0.222 e. The molecule has 0 spiro atoms. The lowest BCUT2D eigenvalue weighted by Crippen LogP contribution is -2.26. The fourth-order valence-electron chi connectivity index (χ4n) is 2.36. The Morgan fingerprint density at radius 1 is 1.30 bits per heavy atom. The lowest BCUT2D eigenvalue weighted by atomic mass is 10.1. The molecule has 20 heavy (non-hydrogen) atoms. The Hall–Kier alpha value is -2.34. The second-order valence-corrected chi connectivity index (χ2v) is 4.61. The van der Waals surface area contributed by atoms with Crippen molar-refractivity contribution < 1.29 is 4.74 Å². The minimum atomic E-state index is 0.282. The molecule has 0 unspecified atom stereocenters. The van der Waals surface area contributed by atoms with Gasteiger partial charge in [0.25, 0.3) is 0 Å². The highest BCUT2D eigenvalue weighted by Crippen LogP contribution is 2.29.